The van der Waals surface area contributed by atoms with Crippen molar-refractivity contribution in [3.8, 4) is 5.75 Å². The van der Waals surface area contributed by atoms with Gasteiger partial charge in [0, 0.05) is 6.04 Å². The summed E-state index contributed by atoms with van der Waals surface area (Å²) >= 11 is 0. The van der Waals surface area contributed by atoms with Crippen LogP contribution in [0.15, 0.2) is 24.3 Å². The number of nitrogens with one attached hydrogen (secondary N) is 1. The van der Waals surface area contributed by atoms with Crippen molar-refractivity contribution in [2.24, 2.45) is 0 Å². The standard InChI is InChI=1S/C14H21NO3/c1-5-10(2)15-14(3,13(17)18-4)11-7-6-8-12(16)9-11/h6-10,15-16H,5H2,1-4H3. The lowest BCUT2D eigenvalue weighted by atomic mass is 9.90. The molecule has 0 amide bonds. The Hall–Kier alpha value is -1.55. The molecule has 0 radical (unpaired) electrons. The second-order valence-corrected chi connectivity index (χ2v) is 4.62. The van der Waals surface area contributed by atoms with Crippen LogP contribution in [-0.2, 0) is 15.1 Å². The quantitative estimate of drug-likeness (QED) is 0.787. The zero-order valence-electron chi connectivity index (χ0n) is 11.4. The van der Waals surface area contributed by atoms with Gasteiger partial charge in [0.1, 0.15) is 11.3 Å². The molecule has 0 aliphatic rings. The molecule has 0 fully saturated rings. The Balaban J connectivity index is 3.15. The van der Waals surface area contributed by atoms with Crippen molar-refractivity contribution in [2.75, 3.05) is 7.11 Å². The van der Waals surface area contributed by atoms with Crippen molar-refractivity contribution in [3.63, 3.8) is 0 Å². The third-order valence-corrected chi connectivity index (χ3v) is 3.16. The summed E-state index contributed by atoms with van der Waals surface area (Å²) in [5.74, 6) is -0.234. The first-order valence-electron chi connectivity index (χ1n) is 6.09. The minimum Gasteiger partial charge on any atom is -0.508 e. The van der Waals surface area contributed by atoms with Crippen molar-refractivity contribution in [1.29, 1.82) is 0 Å². The zero-order valence-corrected chi connectivity index (χ0v) is 11.4. The van der Waals surface area contributed by atoms with Crippen LogP contribution in [0.5, 0.6) is 5.75 Å². The Kier molecular flexibility index (Phi) is 4.73. The normalized spacial score (nSPS) is 15.8. The van der Waals surface area contributed by atoms with E-state index in [1.54, 1.807) is 31.2 Å². The Morgan fingerprint density at radius 2 is 2.22 bits per heavy atom. The maximum absolute atomic E-state index is 12.0. The van der Waals surface area contributed by atoms with Gasteiger partial charge in [-0.2, -0.15) is 0 Å². The molecule has 100 valence electrons. The molecular formula is C14H21NO3. The number of phenols is 1. The second-order valence-electron chi connectivity index (χ2n) is 4.62. The first kappa shape index (κ1) is 14.5. The van der Waals surface area contributed by atoms with Gasteiger partial charge >= 0.3 is 5.97 Å². The van der Waals surface area contributed by atoms with Gasteiger partial charge in [0.15, 0.2) is 0 Å². The Morgan fingerprint density at radius 3 is 2.72 bits per heavy atom. The van der Waals surface area contributed by atoms with Gasteiger partial charge in [0.05, 0.1) is 7.11 Å². The summed E-state index contributed by atoms with van der Waals surface area (Å²) in [5, 5.41) is 12.8. The maximum atomic E-state index is 12.0. The summed E-state index contributed by atoms with van der Waals surface area (Å²) in [4.78, 5) is 12.0. The number of esters is 1. The maximum Gasteiger partial charge on any atom is 0.330 e. The monoisotopic (exact) mass is 251 g/mol. The lowest BCUT2D eigenvalue weighted by Crippen LogP contribution is -2.50. The predicted molar refractivity (Wildman–Crippen MR) is 70.4 cm³/mol. The number of carbonyl (C=O) groups is 1. The van der Waals surface area contributed by atoms with Crippen molar-refractivity contribution in [3.05, 3.63) is 29.8 Å². The molecule has 4 nitrogen and oxygen atoms in total. The van der Waals surface area contributed by atoms with E-state index in [-0.39, 0.29) is 17.8 Å². The minimum atomic E-state index is -0.955. The van der Waals surface area contributed by atoms with Gasteiger partial charge in [-0.15, -0.1) is 0 Å². The van der Waals surface area contributed by atoms with Crippen LogP contribution in [-0.4, -0.2) is 24.2 Å². The van der Waals surface area contributed by atoms with E-state index in [1.807, 2.05) is 13.8 Å². The summed E-state index contributed by atoms with van der Waals surface area (Å²) in [7, 11) is 1.36. The van der Waals surface area contributed by atoms with Crippen molar-refractivity contribution < 1.29 is 14.6 Å². The average Bonchev–Trinajstić information content (AvgIpc) is 2.37. The fourth-order valence-electron chi connectivity index (χ4n) is 1.88. The highest BCUT2D eigenvalue weighted by Gasteiger charge is 2.37. The molecule has 0 heterocycles. The molecule has 2 unspecified atom stereocenters. The van der Waals surface area contributed by atoms with Gasteiger partial charge in [-0.25, -0.2) is 4.79 Å². The van der Waals surface area contributed by atoms with E-state index in [0.29, 0.717) is 5.56 Å². The summed E-state index contributed by atoms with van der Waals surface area (Å²) in [6.07, 6.45) is 0.894. The number of carbonyl (C=O) groups excluding carboxylic acids is 1. The van der Waals surface area contributed by atoms with Gasteiger partial charge < -0.3 is 9.84 Å². The summed E-state index contributed by atoms with van der Waals surface area (Å²) in [5.41, 5.74) is -0.266. The Morgan fingerprint density at radius 1 is 1.56 bits per heavy atom. The van der Waals surface area contributed by atoms with Crippen LogP contribution < -0.4 is 5.32 Å². The fourth-order valence-corrected chi connectivity index (χ4v) is 1.88. The van der Waals surface area contributed by atoms with E-state index in [4.69, 9.17) is 4.74 Å². The molecule has 2 atom stereocenters. The molecule has 0 aliphatic heterocycles. The third kappa shape index (κ3) is 3.01. The van der Waals surface area contributed by atoms with Crippen LogP contribution in [0.1, 0.15) is 32.8 Å². The van der Waals surface area contributed by atoms with Crippen LogP contribution in [0.2, 0.25) is 0 Å². The molecule has 4 heteroatoms. The molecule has 0 bridgehead atoms. The Bertz CT molecular complexity index is 419. The largest absolute Gasteiger partial charge is 0.508 e. The van der Waals surface area contributed by atoms with Crippen LogP contribution in [0.3, 0.4) is 0 Å². The van der Waals surface area contributed by atoms with E-state index >= 15 is 0 Å². The molecule has 0 aliphatic carbocycles. The Labute approximate surface area is 108 Å². The molecule has 0 spiro atoms. The number of rotatable bonds is 5. The summed E-state index contributed by atoms with van der Waals surface area (Å²) in [6.45, 7) is 5.81. The number of methoxy groups -OCH3 is 1. The molecule has 1 aromatic carbocycles. The number of hydrogen-bond donors (Lipinski definition) is 2. The van der Waals surface area contributed by atoms with E-state index in [1.165, 1.54) is 7.11 Å². The highest BCUT2D eigenvalue weighted by Crippen LogP contribution is 2.26. The number of aromatic hydroxyl groups is 1. The SMILES string of the molecule is CCC(C)NC(C)(C(=O)OC)c1cccc(O)c1. The average molecular weight is 251 g/mol. The zero-order chi connectivity index (χ0) is 13.8. The van der Waals surface area contributed by atoms with Gasteiger partial charge in [0.2, 0.25) is 0 Å². The predicted octanol–water partition coefficient (Wildman–Crippen LogP) is 2.17. The van der Waals surface area contributed by atoms with Gasteiger partial charge in [0.25, 0.3) is 0 Å². The second kappa shape index (κ2) is 5.87. The highest BCUT2D eigenvalue weighted by atomic mass is 16.5. The smallest absolute Gasteiger partial charge is 0.330 e. The van der Waals surface area contributed by atoms with Crippen molar-refractivity contribution in [1.82, 2.24) is 5.32 Å². The van der Waals surface area contributed by atoms with Gasteiger partial charge in [-0.1, -0.05) is 19.1 Å². The molecule has 0 saturated carbocycles. The molecule has 18 heavy (non-hydrogen) atoms. The number of phenolic OH excluding ortho intramolecular Hbond substituents is 1. The first-order chi connectivity index (χ1) is 8.43. The molecule has 2 N–H and O–H groups in total. The molecule has 0 aromatic heterocycles. The van der Waals surface area contributed by atoms with Crippen LogP contribution in [0.25, 0.3) is 0 Å². The van der Waals surface area contributed by atoms with E-state index in [0.717, 1.165) is 6.42 Å². The summed E-state index contributed by atoms with van der Waals surface area (Å²) in [6, 6.07) is 6.82. The molecule has 1 rings (SSSR count). The molecular weight excluding hydrogens is 230 g/mol. The van der Waals surface area contributed by atoms with Gasteiger partial charge in [-0.05, 0) is 38.0 Å². The summed E-state index contributed by atoms with van der Waals surface area (Å²) < 4.78 is 4.87. The minimum absolute atomic E-state index is 0.133. The fraction of sp³-hybridized carbons (Fsp3) is 0.500. The van der Waals surface area contributed by atoms with Crippen LogP contribution in [0, 0.1) is 0 Å². The van der Waals surface area contributed by atoms with E-state index < -0.39 is 5.54 Å². The lowest BCUT2D eigenvalue weighted by molar-refractivity contribution is -0.148. The molecule has 1 aromatic rings. The topological polar surface area (TPSA) is 58.6 Å². The van der Waals surface area contributed by atoms with E-state index in [2.05, 4.69) is 5.32 Å². The third-order valence-electron chi connectivity index (χ3n) is 3.16. The van der Waals surface area contributed by atoms with E-state index in [9.17, 15) is 9.90 Å². The lowest BCUT2D eigenvalue weighted by Gasteiger charge is -2.31. The number of ether oxygens (including phenoxy) is 1. The van der Waals surface area contributed by atoms with Crippen molar-refractivity contribution in [2.45, 2.75) is 38.8 Å². The first-order valence-corrected chi connectivity index (χ1v) is 6.09. The van der Waals surface area contributed by atoms with Crippen molar-refractivity contribution >= 4 is 5.97 Å². The number of hydrogen-bond acceptors (Lipinski definition) is 4. The highest BCUT2D eigenvalue weighted by molar-refractivity contribution is 5.82. The molecule has 0 saturated heterocycles. The van der Waals surface area contributed by atoms with Crippen LogP contribution >= 0.6 is 0 Å². The number of benzene rings is 1. The van der Waals surface area contributed by atoms with Crippen LogP contribution in [0.4, 0.5) is 0 Å². The van der Waals surface area contributed by atoms with Gasteiger partial charge in [-0.3, -0.25) is 5.32 Å².